The van der Waals surface area contributed by atoms with E-state index < -0.39 is 24.3 Å². The third-order valence-corrected chi connectivity index (χ3v) is 8.14. The first-order valence-corrected chi connectivity index (χ1v) is 15.6. The van der Waals surface area contributed by atoms with Gasteiger partial charge in [0.2, 0.25) is 11.9 Å². The van der Waals surface area contributed by atoms with Crippen molar-refractivity contribution in [3.05, 3.63) is 35.9 Å². The maximum absolute atomic E-state index is 13.7. The molecule has 3 N–H and O–H groups in total. The van der Waals surface area contributed by atoms with Crippen molar-refractivity contribution in [2.24, 2.45) is 10.9 Å². The number of nitrogens with one attached hydrogen (secondary N) is 3. The summed E-state index contributed by atoms with van der Waals surface area (Å²) in [5, 5.41) is 8.91. The third-order valence-electron chi connectivity index (χ3n) is 8.14. The minimum absolute atomic E-state index is 0.0927. The van der Waals surface area contributed by atoms with Crippen LogP contribution in [0.1, 0.15) is 50.5 Å². The van der Waals surface area contributed by atoms with Crippen molar-refractivity contribution in [3.63, 3.8) is 0 Å². The van der Waals surface area contributed by atoms with E-state index in [0.717, 1.165) is 24.8 Å². The highest BCUT2D eigenvalue weighted by molar-refractivity contribution is 5.97. The molecular weight excluding hydrogens is 554 g/mol. The van der Waals surface area contributed by atoms with Gasteiger partial charge in [-0.05, 0) is 24.3 Å². The van der Waals surface area contributed by atoms with Crippen LogP contribution < -0.4 is 16.0 Å². The number of rotatable bonds is 13. The van der Waals surface area contributed by atoms with E-state index in [2.05, 4.69) is 16.0 Å². The fourth-order valence-electron chi connectivity index (χ4n) is 5.67. The summed E-state index contributed by atoms with van der Waals surface area (Å²) in [7, 11) is 1.53. The number of hydrogen-bond acceptors (Lipinski definition) is 9. The van der Waals surface area contributed by atoms with Crippen LogP contribution in [0.15, 0.2) is 35.3 Å². The molecule has 12 heteroatoms. The molecule has 3 atom stereocenters. The minimum Gasteiger partial charge on any atom is -0.447 e. The Morgan fingerprint density at radius 2 is 1.86 bits per heavy atom. The molecule has 1 aliphatic carbocycles. The Labute approximate surface area is 254 Å². The third kappa shape index (κ3) is 10.9. The van der Waals surface area contributed by atoms with Gasteiger partial charge in [0.15, 0.2) is 5.78 Å². The van der Waals surface area contributed by atoms with Gasteiger partial charge in [-0.1, -0.05) is 62.4 Å². The maximum Gasteiger partial charge on any atom is 0.414 e. The molecule has 2 amide bonds. The molecule has 12 nitrogen and oxygen atoms in total. The van der Waals surface area contributed by atoms with E-state index in [9.17, 15) is 14.4 Å². The quantitative estimate of drug-likeness (QED) is 0.176. The summed E-state index contributed by atoms with van der Waals surface area (Å²) in [5.74, 6) is 0.300. The zero-order chi connectivity index (χ0) is 30.3. The van der Waals surface area contributed by atoms with Crippen LogP contribution in [0.4, 0.5) is 4.79 Å². The first-order chi connectivity index (χ1) is 21.0. The highest BCUT2D eigenvalue weighted by atomic mass is 16.6. The molecule has 0 bridgehead atoms. The number of aliphatic imine (C=N–C) groups is 1. The lowest BCUT2D eigenvalue weighted by molar-refractivity contribution is -0.128. The number of nitrogens with zero attached hydrogens (tertiary/aromatic N) is 2. The highest BCUT2D eigenvalue weighted by Crippen LogP contribution is 2.28. The SMILES string of the molecule is COCCOC(=O)NC(=NC(CCC1CCCCC1)C(=O)NC1COC(CNCc2ccccc2)C1=O)N1CCOCC1. The number of hydrogen-bond donors (Lipinski definition) is 3. The topological polar surface area (TPSA) is 140 Å². The van der Waals surface area contributed by atoms with Crippen molar-refractivity contribution >= 4 is 23.7 Å². The number of amides is 2. The number of carbonyl (C=O) groups is 3. The maximum atomic E-state index is 13.7. The fourth-order valence-corrected chi connectivity index (χ4v) is 5.67. The van der Waals surface area contributed by atoms with Gasteiger partial charge in [-0.15, -0.1) is 0 Å². The lowest BCUT2D eigenvalue weighted by Gasteiger charge is -2.30. The Hall–Kier alpha value is -3.06. The van der Waals surface area contributed by atoms with E-state index in [1.54, 1.807) is 0 Å². The van der Waals surface area contributed by atoms with Gasteiger partial charge in [0.25, 0.3) is 0 Å². The van der Waals surface area contributed by atoms with Crippen molar-refractivity contribution in [2.45, 2.75) is 69.7 Å². The molecule has 4 rings (SSSR count). The molecule has 0 spiro atoms. The van der Waals surface area contributed by atoms with Crippen LogP contribution in [0.2, 0.25) is 0 Å². The van der Waals surface area contributed by atoms with Crippen molar-refractivity contribution in [1.82, 2.24) is 20.9 Å². The number of morpholine rings is 1. The van der Waals surface area contributed by atoms with Crippen LogP contribution in [0.3, 0.4) is 0 Å². The summed E-state index contributed by atoms with van der Waals surface area (Å²) in [6, 6.07) is 8.39. The van der Waals surface area contributed by atoms with E-state index >= 15 is 0 Å². The number of ketones is 1. The average molecular weight is 602 g/mol. The van der Waals surface area contributed by atoms with E-state index in [4.69, 9.17) is 23.9 Å². The average Bonchev–Trinajstić information content (AvgIpc) is 3.38. The van der Waals surface area contributed by atoms with Crippen LogP contribution in [0.25, 0.3) is 0 Å². The second-order valence-corrected chi connectivity index (χ2v) is 11.3. The van der Waals surface area contributed by atoms with Crippen molar-refractivity contribution in [1.29, 1.82) is 0 Å². The van der Waals surface area contributed by atoms with Crippen LogP contribution >= 0.6 is 0 Å². The van der Waals surface area contributed by atoms with Crippen LogP contribution in [-0.2, 0) is 35.1 Å². The van der Waals surface area contributed by atoms with Crippen LogP contribution in [-0.4, -0.2) is 107 Å². The first-order valence-electron chi connectivity index (χ1n) is 15.6. The monoisotopic (exact) mass is 601 g/mol. The van der Waals surface area contributed by atoms with E-state index in [0.29, 0.717) is 51.7 Å². The second kappa shape index (κ2) is 17.9. The van der Waals surface area contributed by atoms with Crippen molar-refractivity contribution < 1.29 is 33.3 Å². The molecule has 1 saturated carbocycles. The Morgan fingerprint density at radius 1 is 1.09 bits per heavy atom. The zero-order valence-corrected chi connectivity index (χ0v) is 25.3. The molecule has 1 aromatic carbocycles. The molecule has 3 aliphatic rings. The van der Waals surface area contributed by atoms with Crippen LogP contribution in [0, 0.1) is 5.92 Å². The normalized spacial score (nSPS) is 22.3. The lowest BCUT2D eigenvalue weighted by atomic mass is 9.85. The lowest BCUT2D eigenvalue weighted by Crippen LogP contribution is -2.51. The summed E-state index contributed by atoms with van der Waals surface area (Å²) in [4.78, 5) is 46.1. The molecule has 2 heterocycles. The molecule has 238 valence electrons. The zero-order valence-electron chi connectivity index (χ0n) is 25.3. The molecule has 2 saturated heterocycles. The summed E-state index contributed by atoms with van der Waals surface area (Å²) in [6.07, 6.45) is 5.99. The molecular formula is C31H47N5O7. The van der Waals surface area contributed by atoms with E-state index in [1.165, 1.54) is 26.4 Å². The number of benzene rings is 1. The number of alkyl carbamates (subject to hydrolysis) is 1. The van der Waals surface area contributed by atoms with Gasteiger partial charge >= 0.3 is 6.09 Å². The number of ether oxygens (including phenoxy) is 4. The molecule has 43 heavy (non-hydrogen) atoms. The van der Waals surface area contributed by atoms with Gasteiger partial charge in [-0.2, -0.15) is 0 Å². The largest absolute Gasteiger partial charge is 0.447 e. The Morgan fingerprint density at radius 3 is 2.60 bits per heavy atom. The van der Waals surface area contributed by atoms with E-state index in [-0.39, 0.29) is 37.5 Å². The van der Waals surface area contributed by atoms with Gasteiger partial charge in [0.05, 0.1) is 26.4 Å². The molecule has 0 radical (unpaired) electrons. The molecule has 3 fully saturated rings. The number of methoxy groups -OCH3 is 1. The summed E-state index contributed by atoms with van der Waals surface area (Å²) < 4.78 is 21.4. The van der Waals surface area contributed by atoms with Crippen molar-refractivity contribution in [2.75, 3.05) is 59.8 Å². The highest BCUT2D eigenvalue weighted by Gasteiger charge is 2.37. The second-order valence-electron chi connectivity index (χ2n) is 11.3. The molecule has 2 aliphatic heterocycles. The summed E-state index contributed by atoms with van der Waals surface area (Å²) in [5.41, 5.74) is 1.11. The van der Waals surface area contributed by atoms with Gasteiger partial charge in [-0.25, -0.2) is 9.79 Å². The molecule has 1 aromatic rings. The van der Waals surface area contributed by atoms with Gasteiger partial charge in [-0.3, -0.25) is 14.9 Å². The van der Waals surface area contributed by atoms with Crippen LogP contribution in [0.5, 0.6) is 0 Å². The molecule has 3 unspecified atom stereocenters. The fraction of sp³-hybridized carbons (Fsp3) is 0.677. The summed E-state index contributed by atoms with van der Waals surface area (Å²) in [6.45, 7) is 3.44. The smallest absolute Gasteiger partial charge is 0.414 e. The number of carbonyl (C=O) groups excluding carboxylic acids is 3. The number of guanidine groups is 1. The molecule has 0 aromatic heterocycles. The van der Waals surface area contributed by atoms with Gasteiger partial charge in [0, 0.05) is 33.3 Å². The summed E-state index contributed by atoms with van der Waals surface area (Å²) >= 11 is 0. The number of Topliss-reactive ketones (excluding diaryl/α,β-unsaturated/α-hetero) is 1. The van der Waals surface area contributed by atoms with Gasteiger partial charge in [0.1, 0.15) is 24.8 Å². The van der Waals surface area contributed by atoms with E-state index in [1.807, 2.05) is 35.2 Å². The first kappa shape index (κ1) is 32.8. The Bertz CT molecular complexity index is 1040. The van der Waals surface area contributed by atoms with Gasteiger partial charge < -0.3 is 34.5 Å². The predicted molar refractivity (Wildman–Crippen MR) is 161 cm³/mol. The predicted octanol–water partition coefficient (Wildman–Crippen LogP) is 2.02. The standard InChI is InChI=1S/C31H47N5O7/c1-40-18-19-42-31(39)35-30(36-14-16-41-17-15-36)34-25(13-12-23-8-4-2-5-9-23)29(38)33-26-22-43-27(28(26)37)21-32-20-24-10-6-3-7-11-24/h3,6-7,10-11,23,25-27,32H,2,4-5,8-9,12-22H2,1H3,(H,33,38)(H,34,35,39). The Balaban J connectivity index is 1.41. The van der Waals surface area contributed by atoms with Crippen molar-refractivity contribution in [3.8, 4) is 0 Å². The Kier molecular flexibility index (Phi) is 13.7. The minimum atomic E-state index is -0.790.